The van der Waals surface area contributed by atoms with Crippen molar-refractivity contribution < 1.29 is 33.4 Å². The number of methoxy groups -OCH3 is 1. The summed E-state index contributed by atoms with van der Waals surface area (Å²) in [5, 5.41) is 16.3. The number of amides is 1. The number of halogens is 1. The molecule has 1 N–H and O–H groups in total. The number of benzene rings is 3. The Kier molecular flexibility index (Phi) is 7.58. The second-order valence-corrected chi connectivity index (χ2v) is 8.32. The van der Waals surface area contributed by atoms with Crippen LogP contribution in [-0.4, -0.2) is 50.0 Å². The number of esters is 1. The number of para-hydroxylation sites is 1. The fraction of sp³-hybridized carbons (Fsp3) is 0.0833. The van der Waals surface area contributed by atoms with Gasteiger partial charge < -0.3 is 14.6 Å². The minimum Gasteiger partial charge on any atom is -0.496 e. The summed E-state index contributed by atoms with van der Waals surface area (Å²) in [6.07, 6.45) is 0. The monoisotopic (exact) mass is 540 g/mol. The first-order chi connectivity index (χ1) is 18.2. The van der Waals surface area contributed by atoms with Gasteiger partial charge in [-0.15, -0.1) is 4.68 Å². The lowest BCUT2D eigenvalue weighted by Crippen LogP contribution is -2.36. The number of carbonyl (C=O) groups is 3. The molecule has 12 nitrogen and oxygen atoms in total. The maximum atomic E-state index is 14.4. The summed E-state index contributed by atoms with van der Waals surface area (Å²) in [6.45, 7) is 0.0104. The first-order valence-corrected chi connectivity index (χ1v) is 11.5. The number of hydrogen-bond donors (Lipinski definition) is 1. The number of ether oxygens (including phenoxy) is 2. The number of nitrogens with zero attached hydrogens (tertiary/aromatic N) is 5. The Hall–Kier alpha value is -4.90. The maximum Gasteiger partial charge on any atom is 0.386 e. The first-order valence-electron chi connectivity index (χ1n) is 10.8. The fourth-order valence-corrected chi connectivity index (χ4v) is 3.79. The minimum absolute atomic E-state index is 0.0104. The molecule has 0 saturated carbocycles. The molecule has 0 saturated heterocycles. The summed E-state index contributed by atoms with van der Waals surface area (Å²) in [5.41, 5.74) is -1.43. The second kappa shape index (κ2) is 11.0. The SMILES string of the molecule is COc1ccc(N([PH3+])C(=O)n2nnn(-c3c(F)cccc3C(=O)O)c2=O)cc1C(=O)OCc1ccccc1. The Morgan fingerprint density at radius 2 is 1.76 bits per heavy atom. The highest BCUT2D eigenvalue weighted by Gasteiger charge is 2.27. The summed E-state index contributed by atoms with van der Waals surface area (Å²) in [4.78, 5) is 50.2. The van der Waals surface area contributed by atoms with E-state index in [2.05, 4.69) is 10.4 Å². The highest BCUT2D eigenvalue weighted by molar-refractivity contribution is 7.21. The lowest BCUT2D eigenvalue weighted by Gasteiger charge is -2.14. The molecule has 38 heavy (non-hydrogen) atoms. The summed E-state index contributed by atoms with van der Waals surface area (Å²) in [7, 11) is 2.42. The highest BCUT2D eigenvalue weighted by atomic mass is 31.0. The van der Waals surface area contributed by atoms with Gasteiger partial charge in [0.1, 0.15) is 29.4 Å². The molecular formula is C24H20FN5O7P+. The number of hydrogen-bond acceptors (Lipinski definition) is 8. The van der Waals surface area contributed by atoms with E-state index in [0.717, 1.165) is 37.8 Å². The fourth-order valence-electron chi connectivity index (χ4n) is 3.46. The van der Waals surface area contributed by atoms with Gasteiger partial charge in [0, 0.05) is 0 Å². The van der Waals surface area contributed by atoms with Gasteiger partial charge in [-0.25, -0.2) is 23.6 Å². The molecule has 1 aromatic heterocycles. The smallest absolute Gasteiger partial charge is 0.386 e. The maximum absolute atomic E-state index is 14.4. The van der Waals surface area contributed by atoms with Crippen LogP contribution in [0, 0.1) is 5.82 Å². The van der Waals surface area contributed by atoms with Gasteiger partial charge in [-0.3, -0.25) is 0 Å². The summed E-state index contributed by atoms with van der Waals surface area (Å²) in [6, 6.07) is 15.5. The Morgan fingerprint density at radius 1 is 1.03 bits per heavy atom. The van der Waals surface area contributed by atoms with Gasteiger partial charge in [0.25, 0.3) is 0 Å². The first kappa shape index (κ1) is 26.2. The lowest BCUT2D eigenvalue weighted by atomic mass is 10.1. The van der Waals surface area contributed by atoms with E-state index in [1.54, 1.807) is 24.3 Å². The van der Waals surface area contributed by atoms with Crippen LogP contribution in [0.2, 0.25) is 0 Å². The topological polar surface area (TPSA) is 146 Å². The van der Waals surface area contributed by atoms with Crippen LogP contribution in [0.1, 0.15) is 26.3 Å². The highest BCUT2D eigenvalue weighted by Crippen LogP contribution is 2.28. The zero-order chi connectivity index (χ0) is 27.4. The standard InChI is InChI=1S/C24H19FN5O7P/c1-36-19-11-10-15(12-17(19)22(33)37-13-14-6-3-2-4-7-14)30(38)24(35)29-23(34)28(26-27-29)20-16(21(31)32)8-5-9-18(20)25/h2-12H,13,38H2,1H3,(H,31,32)/p+1. The molecule has 0 aliphatic rings. The van der Waals surface area contributed by atoms with Gasteiger partial charge in [0.2, 0.25) is 0 Å². The predicted molar refractivity (Wildman–Crippen MR) is 135 cm³/mol. The van der Waals surface area contributed by atoms with E-state index in [1.807, 2.05) is 6.07 Å². The number of carboxylic acid groups (broad SMARTS) is 1. The lowest BCUT2D eigenvalue weighted by molar-refractivity contribution is 0.0468. The third kappa shape index (κ3) is 5.13. The molecule has 4 rings (SSSR count). The van der Waals surface area contributed by atoms with Crippen molar-refractivity contribution in [3.8, 4) is 11.4 Å². The van der Waals surface area contributed by atoms with Crippen LogP contribution in [-0.2, 0) is 11.3 Å². The van der Waals surface area contributed by atoms with E-state index in [4.69, 9.17) is 9.47 Å². The van der Waals surface area contributed by atoms with E-state index in [-0.39, 0.29) is 23.6 Å². The summed E-state index contributed by atoms with van der Waals surface area (Å²) < 4.78 is 26.8. The predicted octanol–water partition coefficient (Wildman–Crippen LogP) is 2.63. The second-order valence-electron chi connectivity index (χ2n) is 7.68. The number of anilines is 1. The molecule has 1 heterocycles. The van der Waals surface area contributed by atoms with Gasteiger partial charge in [0.05, 0.1) is 27.8 Å². The number of aromatic carboxylic acids is 1. The zero-order valence-corrected chi connectivity index (χ0v) is 21.2. The van der Waals surface area contributed by atoms with Crippen molar-refractivity contribution in [3.05, 3.63) is 99.7 Å². The van der Waals surface area contributed by atoms with E-state index in [0.29, 0.717) is 9.36 Å². The van der Waals surface area contributed by atoms with Crippen LogP contribution in [0.5, 0.6) is 5.75 Å². The normalized spacial score (nSPS) is 10.7. The van der Waals surface area contributed by atoms with Gasteiger partial charge in [-0.05, 0) is 46.3 Å². The van der Waals surface area contributed by atoms with Crippen molar-refractivity contribution in [1.29, 1.82) is 0 Å². The number of carbonyl (C=O) groups excluding carboxylic acids is 2. The molecule has 0 radical (unpaired) electrons. The molecule has 194 valence electrons. The average molecular weight is 540 g/mol. The molecule has 0 aliphatic heterocycles. The molecule has 0 aliphatic carbocycles. The third-order valence-corrected chi connectivity index (χ3v) is 5.99. The average Bonchev–Trinajstić information content (AvgIpc) is 3.31. The molecule has 0 spiro atoms. The van der Waals surface area contributed by atoms with Crippen LogP contribution in [0.15, 0.2) is 71.5 Å². The molecule has 0 fully saturated rings. The van der Waals surface area contributed by atoms with Crippen molar-refractivity contribution in [3.63, 3.8) is 0 Å². The Morgan fingerprint density at radius 3 is 2.45 bits per heavy atom. The van der Waals surface area contributed by atoms with Crippen molar-refractivity contribution in [2.75, 3.05) is 11.8 Å². The van der Waals surface area contributed by atoms with Gasteiger partial charge >= 0.3 is 23.7 Å². The van der Waals surface area contributed by atoms with Gasteiger partial charge in [0.15, 0.2) is 0 Å². The molecule has 1 atom stereocenters. The van der Waals surface area contributed by atoms with Crippen LogP contribution < -0.4 is 15.1 Å². The molecule has 14 heteroatoms. The van der Waals surface area contributed by atoms with Crippen LogP contribution in [0.25, 0.3) is 5.69 Å². The minimum atomic E-state index is -1.50. The van der Waals surface area contributed by atoms with E-state index in [1.165, 1.54) is 25.3 Å². The summed E-state index contributed by atoms with van der Waals surface area (Å²) >= 11 is 0. The van der Waals surface area contributed by atoms with Crippen molar-refractivity contribution in [2.24, 2.45) is 0 Å². The molecule has 1 unspecified atom stereocenters. The summed E-state index contributed by atoms with van der Waals surface area (Å²) in [5.74, 6) is -3.06. The molecule has 3 aromatic carbocycles. The van der Waals surface area contributed by atoms with E-state index >= 15 is 0 Å². The Balaban J connectivity index is 1.62. The van der Waals surface area contributed by atoms with Crippen LogP contribution in [0.4, 0.5) is 14.9 Å². The number of carboxylic acids is 1. The van der Waals surface area contributed by atoms with E-state index < -0.39 is 40.7 Å². The van der Waals surface area contributed by atoms with E-state index in [9.17, 15) is 28.7 Å². The van der Waals surface area contributed by atoms with Crippen LogP contribution in [0.3, 0.4) is 0 Å². The molecular weight excluding hydrogens is 520 g/mol. The van der Waals surface area contributed by atoms with Crippen molar-refractivity contribution in [2.45, 2.75) is 6.61 Å². The molecule has 0 bridgehead atoms. The number of rotatable bonds is 7. The van der Waals surface area contributed by atoms with Crippen LogP contribution >= 0.6 is 9.39 Å². The van der Waals surface area contributed by atoms with Crippen molar-refractivity contribution >= 4 is 33.0 Å². The number of aromatic nitrogens is 4. The molecule has 1 amide bonds. The van der Waals surface area contributed by atoms with Gasteiger partial charge in [-0.2, -0.15) is 9.35 Å². The third-order valence-electron chi connectivity index (χ3n) is 5.35. The largest absolute Gasteiger partial charge is 0.496 e. The Labute approximate surface area is 216 Å². The quantitative estimate of drug-likeness (QED) is 0.212. The molecule has 4 aromatic rings. The van der Waals surface area contributed by atoms with Crippen molar-refractivity contribution in [1.82, 2.24) is 19.8 Å². The Bertz CT molecular complexity index is 1590. The van der Waals surface area contributed by atoms with Gasteiger partial charge in [-0.1, -0.05) is 36.4 Å². The zero-order valence-electron chi connectivity index (χ0n) is 19.8. The number of tetrazole rings is 1.